The Kier molecular flexibility index (Phi) is 6.58. The van der Waals surface area contributed by atoms with Gasteiger partial charge < -0.3 is 18.8 Å². The molecule has 140 valence electrons. The minimum atomic E-state index is -0.586. The molecule has 0 amide bonds. The Balaban J connectivity index is 2.11. The summed E-state index contributed by atoms with van der Waals surface area (Å²) < 4.78 is 17.6. The van der Waals surface area contributed by atoms with Crippen LogP contribution < -0.4 is 4.74 Å². The molecule has 0 aliphatic heterocycles. The fraction of sp³-hybridized carbons (Fsp3) is 0.400. The molecule has 0 aliphatic carbocycles. The van der Waals surface area contributed by atoms with E-state index in [9.17, 15) is 9.59 Å². The van der Waals surface area contributed by atoms with Crippen molar-refractivity contribution in [3.8, 4) is 5.75 Å². The Morgan fingerprint density at radius 1 is 1.12 bits per heavy atom. The first-order valence-corrected chi connectivity index (χ1v) is 8.41. The molecule has 6 nitrogen and oxygen atoms in total. The van der Waals surface area contributed by atoms with Crippen LogP contribution in [-0.2, 0) is 9.47 Å². The van der Waals surface area contributed by atoms with Crippen LogP contribution in [0.3, 0.4) is 0 Å². The standard InChI is InChI=1S/C20H25NO5/c1-13-10-17(15(3)21(13)14(2)11-24-4)18(22)12-26-20(23)16-8-6-7-9-19(16)25-5/h6-10,14H,11-12H2,1-5H3/t14-/m1/s1. The highest BCUT2D eigenvalue weighted by molar-refractivity contribution is 6.01. The predicted molar refractivity (Wildman–Crippen MR) is 98.1 cm³/mol. The van der Waals surface area contributed by atoms with Crippen LogP contribution in [0.1, 0.15) is 45.1 Å². The third kappa shape index (κ3) is 4.14. The van der Waals surface area contributed by atoms with Gasteiger partial charge in [0.2, 0.25) is 5.78 Å². The number of hydrogen-bond acceptors (Lipinski definition) is 5. The maximum absolute atomic E-state index is 12.5. The van der Waals surface area contributed by atoms with E-state index in [1.165, 1.54) is 7.11 Å². The van der Waals surface area contributed by atoms with Crippen LogP contribution in [0.15, 0.2) is 30.3 Å². The topological polar surface area (TPSA) is 66.8 Å². The summed E-state index contributed by atoms with van der Waals surface area (Å²) >= 11 is 0. The molecule has 0 saturated carbocycles. The van der Waals surface area contributed by atoms with E-state index in [4.69, 9.17) is 14.2 Å². The number of carbonyl (C=O) groups excluding carboxylic acids is 2. The lowest BCUT2D eigenvalue weighted by Crippen LogP contribution is -2.17. The maximum Gasteiger partial charge on any atom is 0.342 e. The second-order valence-electron chi connectivity index (χ2n) is 6.16. The molecule has 0 fully saturated rings. The molecule has 0 spiro atoms. The normalized spacial score (nSPS) is 11.9. The fourth-order valence-corrected chi connectivity index (χ4v) is 3.15. The number of nitrogens with zero attached hydrogens (tertiary/aromatic N) is 1. The van der Waals surface area contributed by atoms with Crippen LogP contribution in [0, 0.1) is 13.8 Å². The van der Waals surface area contributed by atoms with Crippen molar-refractivity contribution in [1.29, 1.82) is 0 Å². The molecule has 26 heavy (non-hydrogen) atoms. The Morgan fingerprint density at radius 2 is 1.81 bits per heavy atom. The monoisotopic (exact) mass is 359 g/mol. The number of rotatable bonds is 8. The number of aryl methyl sites for hydroxylation is 1. The molecule has 0 aliphatic rings. The number of carbonyl (C=O) groups is 2. The van der Waals surface area contributed by atoms with Crippen LogP contribution in [0.5, 0.6) is 5.75 Å². The molecule has 0 unspecified atom stereocenters. The number of ketones is 1. The van der Waals surface area contributed by atoms with Crippen LogP contribution in [0.2, 0.25) is 0 Å². The molecular weight excluding hydrogens is 334 g/mol. The lowest BCUT2D eigenvalue weighted by molar-refractivity contribution is 0.0471. The minimum absolute atomic E-state index is 0.109. The van der Waals surface area contributed by atoms with Gasteiger partial charge in [0.15, 0.2) is 6.61 Å². The molecule has 0 bridgehead atoms. The summed E-state index contributed by atoms with van der Waals surface area (Å²) in [6, 6.07) is 8.67. The average molecular weight is 359 g/mol. The molecule has 0 saturated heterocycles. The summed E-state index contributed by atoms with van der Waals surface area (Å²) in [6.07, 6.45) is 0. The van der Waals surface area contributed by atoms with E-state index in [-0.39, 0.29) is 18.4 Å². The quantitative estimate of drug-likeness (QED) is 0.534. The van der Waals surface area contributed by atoms with Gasteiger partial charge in [-0.3, -0.25) is 4.79 Å². The van der Waals surface area contributed by atoms with Crippen molar-refractivity contribution in [3.63, 3.8) is 0 Å². The maximum atomic E-state index is 12.5. The number of benzene rings is 1. The third-order valence-corrected chi connectivity index (χ3v) is 4.29. The van der Waals surface area contributed by atoms with Gasteiger partial charge in [0.1, 0.15) is 11.3 Å². The molecule has 1 aromatic carbocycles. The number of esters is 1. The second kappa shape index (κ2) is 8.67. The van der Waals surface area contributed by atoms with Gasteiger partial charge in [-0.2, -0.15) is 0 Å². The van der Waals surface area contributed by atoms with Gasteiger partial charge in [0, 0.05) is 24.1 Å². The van der Waals surface area contributed by atoms with Gasteiger partial charge in [-0.05, 0) is 39.0 Å². The van der Waals surface area contributed by atoms with Gasteiger partial charge in [0.05, 0.1) is 19.8 Å². The van der Waals surface area contributed by atoms with E-state index in [0.29, 0.717) is 23.5 Å². The highest BCUT2D eigenvalue weighted by Gasteiger charge is 2.21. The summed E-state index contributed by atoms with van der Waals surface area (Å²) in [5.74, 6) is -0.411. The van der Waals surface area contributed by atoms with Gasteiger partial charge in [-0.25, -0.2) is 4.79 Å². The average Bonchev–Trinajstić information content (AvgIpc) is 2.93. The van der Waals surface area contributed by atoms with Crippen LogP contribution in [0.4, 0.5) is 0 Å². The summed E-state index contributed by atoms with van der Waals surface area (Å²) in [7, 11) is 3.13. The van der Waals surface area contributed by atoms with Crippen molar-refractivity contribution in [2.24, 2.45) is 0 Å². The van der Waals surface area contributed by atoms with E-state index in [2.05, 4.69) is 4.57 Å². The van der Waals surface area contributed by atoms with Gasteiger partial charge in [-0.15, -0.1) is 0 Å². The zero-order valence-electron chi connectivity index (χ0n) is 15.9. The largest absolute Gasteiger partial charge is 0.496 e. The lowest BCUT2D eigenvalue weighted by Gasteiger charge is -2.17. The number of para-hydroxylation sites is 1. The van der Waals surface area contributed by atoms with Crippen LogP contribution in [0.25, 0.3) is 0 Å². The number of methoxy groups -OCH3 is 2. The third-order valence-electron chi connectivity index (χ3n) is 4.29. The molecule has 0 radical (unpaired) electrons. The van der Waals surface area contributed by atoms with Crippen molar-refractivity contribution in [1.82, 2.24) is 4.57 Å². The summed E-state index contributed by atoms with van der Waals surface area (Å²) in [4.78, 5) is 24.8. The first-order chi connectivity index (χ1) is 12.4. The summed E-state index contributed by atoms with van der Waals surface area (Å²) in [6.45, 7) is 6.08. The second-order valence-corrected chi connectivity index (χ2v) is 6.16. The molecule has 2 rings (SSSR count). The number of ether oxygens (including phenoxy) is 3. The highest BCUT2D eigenvalue weighted by Crippen LogP contribution is 2.22. The van der Waals surface area contributed by atoms with Crippen LogP contribution in [-0.4, -0.2) is 43.8 Å². The smallest absolute Gasteiger partial charge is 0.342 e. The van der Waals surface area contributed by atoms with E-state index in [1.807, 2.05) is 26.8 Å². The van der Waals surface area contributed by atoms with E-state index in [1.54, 1.807) is 31.4 Å². The van der Waals surface area contributed by atoms with E-state index >= 15 is 0 Å². The Labute approximate surface area is 153 Å². The first kappa shape index (κ1) is 19.7. The molecule has 0 N–H and O–H groups in total. The van der Waals surface area contributed by atoms with Crippen molar-refractivity contribution >= 4 is 11.8 Å². The zero-order valence-corrected chi connectivity index (χ0v) is 15.9. The van der Waals surface area contributed by atoms with Gasteiger partial charge in [-0.1, -0.05) is 12.1 Å². The van der Waals surface area contributed by atoms with E-state index in [0.717, 1.165) is 11.4 Å². The Bertz CT molecular complexity index is 793. The van der Waals surface area contributed by atoms with Crippen molar-refractivity contribution in [2.45, 2.75) is 26.8 Å². The van der Waals surface area contributed by atoms with E-state index < -0.39 is 5.97 Å². The number of Topliss-reactive ketones (excluding diaryl/α,β-unsaturated/α-hetero) is 1. The van der Waals surface area contributed by atoms with Crippen molar-refractivity contribution in [3.05, 3.63) is 52.8 Å². The Hall–Kier alpha value is -2.60. The zero-order chi connectivity index (χ0) is 19.3. The van der Waals surface area contributed by atoms with Gasteiger partial charge in [0.25, 0.3) is 0 Å². The molecule has 1 aromatic heterocycles. The SMILES string of the molecule is COC[C@@H](C)n1c(C)cc(C(=O)COC(=O)c2ccccc2OC)c1C. The number of hydrogen-bond donors (Lipinski definition) is 0. The molecule has 2 aromatic rings. The molecule has 1 atom stereocenters. The highest BCUT2D eigenvalue weighted by atomic mass is 16.5. The summed E-state index contributed by atoms with van der Waals surface area (Å²) in [5, 5.41) is 0. The molecule has 1 heterocycles. The molecular formula is C20H25NO5. The van der Waals surface area contributed by atoms with Gasteiger partial charge >= 0.3 is 5.97 Å². The number of aromatic nitrogens is 1. The van der Waals surface area contributed by atoms with Crippen molar-refractivity contribution in [2.75, 3.05) is 27.4 Å². The minimum Gasteiger partial charge on any atom is -0.496 e. The Morgan fingerprint density at radius 3 is 2.46 bits per heavy atom. The fourth-order valence-electron chi connectivity index (χ4n) is 3.15. The molecule has 6 heteroatoms. The first-order valence-electron chi connectivity index (χ1n) is 8.41. The van der Waals surface area contributed by atoms with Crippen molar-refractivity contribution < 1.29 is 23.8 Å². The predicted octanol–water partition coefficient (Wildman–Crippen LogP) is 3.36. The van der Waals surface area contributed by atoms with Crippen LogP contribution >= 0.6 is 0 Å². The summed E-state index contributed by atoms with van der Waals surface area (Å²) in [5.41, 5.74) is 2.65. The lowest BCUT2D eigenvalue weighted by atomic mass is 10.1.